The molecule has 1 atom stereocenters. The monoisotopic (exact) mass is 268 g/mol. The molecule has 20 heavy (non-hydrogen) atoms. The van der Waals surface area contributed by atoms with Crippen LogP contribution in [0.25, 0.3) is 0 Å². The highest BCUT2D eigenvalue weighted by molar-refractivity contribution is 6.02. The number of para-hydroxylation sites is 1. The lowest BCUT2D eigenvalue weighted by molar-refractivity contribution is 0.0947. The Morgan fingerprint density at radius 1 is 1.20 bits per heavy atom. The van der Waals surface area contributed by atoms with Gasteiger partial charge in [0.25, 0.3) is 0 Å². The third kappa shape index (κ3) is 2.27. The lowest BCUT2D eigenvalue weighted by Crippen LogP contribution is -2.14. The molecule has 1 heterocycles. The summed E-state index contributed by atoms with van der Waals surface area (Å²) < 4.78 is 11.0. The maximum Gasteiger partial charge on any atom is 0.173 e. The molecule has 1 unspecified atom stereocenters. The second-order valence-corrected chi connectivity index (χ2v) is 4.72. The molecule has 1 aliphatic heterocycles. The van der Waals surface area contributed by atoms with Crippen LogP contribution in [-0.4, -0.2) is 19.0 Å². The van der Waals surface area contributed by atoms with Crippen molar-refractivity contribution in [3.05, 3.63) is 59.7 Å². The summed E-state index contributed by atoms with van der Waals surface area (Å²) in [4.78, 5) is 12.6. The minimum atomic E-state index is -0.204. The van der Waals surface area contributed by atoms with Crippen LogP contribution < -0.4 is 9.47 Å². The lowest BCUT2D eigenvalue weighted by atomic mass is 9.92. The molecule has 0 saturated carbocycles. The van der Waals surface area contributed by atoms with Gasteiger partial charge in [0.15, 0.2) is 5.78 Å². The van der Waals surface area contributed by atoms with Gasteiger partial charge in [-0.25, -0.2) is 0 Å². The van der Waals surface area contributed by atoms with E-state index in [1.165, 1.54) is 0 Å². The first kappa shape index (κ1) is 12.7. The zero-order valence-electron chi connectivity index (χ0n) is 11.3. The number of hydrogen-bond acceptors (Lipinski definition) is 3. The van der Waals surface area contributed by atoms with Gasteiger partial charge in [0.05, 0.1) is 12.5 Å². The number of hydrogen-bond donors (Lipinski definition) is 0. The van der Waals surface area contributed by atoms with E-state index in [1.807, 2.05) is 55.5 Å². The quantitative estimate of drug-likeness (QED) is 0.797. The summed E-state index contributed by atoms with van der Waals surface area (Å²) in [5, 5.41) is 0. The molecule has 0 N–H and O–H groups in total. The van der Waals surface area contributed by atoms with Crippen molar-refractivity contribution in [1.29, 1.82) is 0 Å². The lowest BCUT2D eigenvalue weighted by Gasteiger charge is -2.09. The first-order valence-electron chi connectivity index (χ1n) is 6.78. The Bertz CT molecular complexity index is 616. The number of Topliss-reactive ketones (excluding diaryl/α,β-unsaturated/α-hetero) is 1. The fourth-order valence-electron chi connectivity index (χ4n) is 2.46. The molecule has 3 nitrogen and oxygen atoms in total. The van der Waals surface area contributed by atoms with E-state index in [-0.39, 0.29) is 11.7 Å². The average Bonchev–Trinajstić information content (AvgIpc) is 2.92. The molecule has 0 aromatic heterocycles. The van der Waals surface area contributed by atoms with Crippen LogP contribution in [0.3, 0.4) is 0 Å². The van der Waals surface area contributed by atoms with Crippen molar-refractivity contribution in [2.75, 3.05) is 13.2 Å². The van der Waals surface area contributed by atoms with Gasteiger partial charge in [0.2, 0.25) is 0 Å². The maximum atomic E-state index is 12.6. The number of rotatable bonds is 4. The molecule has 3 rings (SSSR count). The van der Waals surface area contributed by atoms with E-state index in [0.29, 0.717) is 18.8 Å². The number of carbonyl (C=O) groups is 1. The van der Waals surface area contributed by atoms with Crippen molar-refractivity contribution >= 4 is 5.78 Å². The van der Waals surface area contributed by atoms with Crippen molar-refractivity contribution in [2.45, 2.75) is 12.8 Å². The summed E-state index contributed by atoms with van der Waals surface area (Å²) in [6.07, 6.45) is 0. The van der Waals surface area contributed by atoms with Crippen molar-refractivity contribution in [3.63, 3.8) is 0 Å². The second-order valence-electron chi connectivity index (χ2n) is 4.72. The predicted octanol–water partition coefficient (Wildman–Crippen LogP) is 3.44. The van der Waals surface area contributed by atoms with Gasteiger partial charge in [-0.05, 0) is 37.3 Å². The fourth-order valence-corrected chi connectivity index (χ4v) is 2.46. The van der Waals surface area contributed by atoms with E-state index >= 15 is 0 Å². The highest BCUT2D eigenvalue weighted by atomic mass is 16.5. The van der Waals surface area contributed by atoms with Crippen LogP contribution in [0.2, 0.25) is 0 Å². The highest BCUT2D eigenvalue weighted by Gasteiger charge is 2.30. The van der Waals surface area contributed by atoms with Crippen LogP contribution in [0.5, 0.6) is 11.5 Å². The highest BCUT2D eigenvalue weighted by Crippen LogP contribution is 2.35. The standard InChI is InChI=1S/C17H16O3/c1-2-19-13-9-7-12(8-10-13)17(18)15-11-20-16-6-4-3-5-14(15)16/h3-10,15H,2,11H2,1H3. The van der Waals surface area contributed by atoms with E-state index in [0.717, 1.165) is 17.1 Å². The topological polar surface area (TPSA) is 35.5 Å². The SMILES string of the molecule is CCOc1ccc(C(=O)C2COc3ccccc32)cc1. The Labute approximate surface area is 118 Å². The largest absolute Gasteiger partial charge is 0.494 e. The molecular weight excluding hydrogens is 252 g/mol. The minimum Gasteiger partial charge on any atom is -0.494 e. The molecule has 0 bridgehead atoms. The van der Waals surface area contributed by atoms with Crippen molar-refractivity contribution in [3.8, 4) is 11.5 Å². The first-order valence-corrected chi connectivity index (χ1v) is 6.78. The zero-order valence-corrected chi connectivity index (χ0v) is 11.3. The Morgan fingerprint density at radius 3 is 2.70 bits per heavy atom. The predicted molar refractivity (Wildman–Crippen MR) is 76.6 cm³/mol. The molecule has 1 aliphatic rings. The molecule has 2 aromatic rings. The summed E-state index contributed by atoms with van der Waals surface area (Å²) in [6, 6.07) is 15.0. The average molecular weight is 268 g/mol. The molecular formula is C17H16O3. The molecule has 0 saturated heterocycles. The number of carbonyl (C=O) groups excluding carboxylic acids is 1. The summed E-state index contributed by atoms with van der Waals surface area (Å²) in [7, 11) is 0. The summed E-state index contributed by atoms with van der Waals surface area (Å²) in [5.41, 5.74) is 1.67. The van der Waals surface area contributed by atoms with Gasteiger partial charge < -0.3 is 9.47 Å². The smallest absolute Gasteiger partial charge is 0.173 e. The second kappa shape index (κ2) is 5.37. The summed E-state index contributed by atoms with van der Waals surface area (Å²) in [6.45, 7) is 2.98. The van der Waals surface area contributed by atoms with Crippen molar-refractivity contribution in [2.24, 2.45) is 0 Å². The Hall–Kier alpha value is -2.29. The molecule has 0 spiro atoms. The van der Waals surface area contributed by atoms with Gasteiger partial charge in [-0.15, -0.1) is 0 Å². The first-order chi connectivity index (χ1) is 9.79. The van der Waals surface area contributed by atoms with Gasteiger partial charge in [-0.2, -0.15) is 0 Å². The van der Waals surface area contributed by atoms with Crippen LogP contribution in [0.1, 0.15) is 28.8 Å². The Morgan fingerprint density at radius 2 is 1.95 bits per heavy atom. The third-order valence-electron chi connectivity index (χ3n) is 3.47. The number of benzene rings is 2. The van der Waals surface area contributed by atoms with E-state index < -0.39 is 0 Å². The van der Waals surface area contributed by atoms with Crippen LogP contribution in [0, 0.1) is 0 Å². The number of ether oxygens (including phenoxy) is 2. The molecule has 0 aliphatic carbocycles. The molecule has 0 radical (unpaired) electrons. The van der Waals surface area contributed by atoms with Crippen molar-refractivity contribution in [1.82, 2.24) is 0 Å². The zero-order chi connectivity index (χ0) is 13.9. The third-order valence-corrected chi connectivity index (χ3v) is 3.47. The molecule has 3 heteroatoms. The van der Waals surface area contributed by atoms with Gasteiger partial charge in [0, 0.05) is 11.1 Å². The van der Waals surface area contributed by atoms with Gasteiger partial charge in [-0.1, -0.05) is 18.2 Å². The van der Waals surface area contributed by atoms with Crippen LogP contribution in [-0.2, 0) is 0 Å². The van der Waals surface area contributed by atoms with Crippen LogP contribution in [0.4, 0.5) is 0 Å². The number of ketones is 1. The Kier molecular flexibility index (Phi) is 3.42. The number of fused-ring (bicyclic) bond motifs is 1. The molecule has 2 aromatic carbocycles. The van der Waals surface area contributed by atoms with E-state index in [4.69, 9.17) is 9.47 Å². The fraction of sp³-hybridized carbons (Fsp3) is 0.235. The molecule has 0 amide bonds. The van der Waals surface area contributed by atoms with Gasteiger partial charge in [-0.3, -0.25) is 4.79 Å². The minimum absolute atomic E-state index is 0.0954. The molecule has 0 fully saturated rings. The summed E-state index contributed by atoms with van der Waals surface area (Å²) >= 11 is 0. The van der Waals surface area contributed by atoms with Crippen LogP contribution >= 0.6 is 0 Å². The van der Waals surface area contributed by atoms with Gasteiger partial charge >= 0.3 is 0 Å². The van der Waals surface area contributed by atoms with E-state index in [1.54, 1.807) is 0 Å². The molecule has 102 valence electrons. The Balaban J connectivity index is 1.83. The van der Waals surface area contributed by atoms with Crippen molar-refractivity contribution < 1.29 is 14.3 Å². The summed E-state index contributed by atoms with van der Waals surface area (Å²) in [5.74, 6) is 1.49. The van der Waals surface area contributed by atoms with Gasteiger partial charge in [0.1, 0.15) is 18.1 Å². The maximum absolute atomic E-state index is 12.6. The van der Waals surface area contributed by atoms with E-state index in [9.17, 15) is 4.79 Å². The normalized spacial score (nSPS) is 16.4. The van der Waals surface area contributed by atoms with Crippen LogP contribution in [0.15, 0.2) is 48.5 Å². The van der Waals surface area contributed by atoms with E-state index in [2.05, 4.69) is 0 Å².